The average Bonchev–Trinajstić information content (AvgIpc) is 2.46. The van der Waals surface area contributed by atoms with Gasteiger partial charge in [0.15, 0.2) is 0 Å². The zero-order chi connectivity index (χ0) is 14.9. The van der Waals surface area contributed by atoms with Gasteiger partial charge in [-0.3, -0.25) is 0 Å². The van der Waals surface area contributed by atoms with Crippen LogP contribution in [0.2, 0.25) is 5.02 Å². The highest BCUT2D eigenvalue weighted by Gasteiger charge is 2.44. The van der Waals surface area contributed by atoms with Crippen LogP contribution in [-0.2, 0) is 4.74 Å². The van der Waals surface area contributed by atoms with Crippen molar-refractivity contribution in [2.24, 2.45) is 5.92 Å². The molecule has 1 aliphatic heterocycles. The normalized spacial score (nSPS) is 25.6. The van der Waals surface area contributed by atoms with Crippen LogP contribution in [0.5, 0.6) is 0 Å². The van der Waals surface area contributed by atoms with E-state index in [2.05, 4.69) is 31.3 Å². The fourth-order valence-corrected chi connectivity index (χ4v) is 4.03. The fourth-order valence-electron chi connectivity index (χ4n) is 3.91. The summed E-state index contributed by atoms with van der Waals surface area (Å²) in [5.74, 6) is 0.666. The summed E-state index contributed by atoms with van der Waals surface area (Å²) in [5.41, 5.74) is 2.75. The molecule has 2 nitrogen and oxygen atoms in total. The number of benzene rings is 1. The van der Waals surface area contributed by atoms with Crippen LogP contribution < -0.4 is 5.32 Å². The molecule has 0 amide bonds. The van der Waals surface area contributed by atoms with E-state index in [-0.39, 0.29) is 5.60 Å². The second-order valence-corrected chi connectivity index (χ2v) is 7.09. The molecule has 1 heterocycles. The lowest BCUT2D eigenvalue weighted by Crippen LogP contribution is -2.48. The van der Waals surface area contributed by atoms with Gasteiger partial charge in [0.1, 0.15) is 0 Å². The number of hydrogen-bond acceptors (Lipinski definition) is 2. The molecule has 2 atom stereocenters. The third-order valence-corrected chi connectivity index (χ3v) is 5.66. The largest absolute Gasteiger partial charge is 0.375 e. The SMILES string of the molecule is CCNC(c1ccc(Cl)c(C)c1)C1CCOC2(CCC2)C1. The molecule has 0 bridgehead atoms. The van der Waals surface area contributed by atoms with Crippen molar-refractivity contribution in [2.45, 2.75) is 57.6 Å². The lowest BCUT2D eigenvalue weighted by atomic mass is 9.69. The van der Waals surface area contributed by atoms with E-state index in [1.54, 1.807) is 0 Å². The molecule has 21 heavy (non-hydrogen) atoms. The average molecular weight is 308 g/mol. The van der Waals surface area contributed by atoms with Gasteiger partial charge < -0.3 is 10.1 Å². The van der Waals surface area contributed by atoms with Gasteiger partial charge in [-0.25, -0.2) is 0 Å². The van der Waals surface area contributed by atoms with Crippen molar-refractivity contribution >= 4 is 11.6 Å². The Morgan fingerprint density at radius 3 is 2.86 bits per heavy atom. The van der Waals surface area contributed by atoms with Crippen molar-refractivity contribution in [1.82, 2.24) is 5.32 Å². The molecular weight excluding hydrogens is 282 g/mol. The molecule has 1 spiro atoms. The Balaban J connectivity index is 1.81. The van der Waals surface area contributed by atoms with E-state index in [4.69, 9.17) is 16.3 Å². The van der Waals surface area contributed by atoms with Gasteiger partial charge in [0.05, 0.1) is 5.60 Å². The second kappa shape index (κ2) is 6.28. The van der Waals surface area contributed by atoms with Crippen LogP contribution in [0.4, 0.5) is 0 Å². The molecule has 116 valence electrons. The summed E-state index contributed by atoms with van der Waals surface area (Å²) in [6.07, 6.45) is 6.19. The molecule has 0 radical (unpaired) electrons. The van der Waals surface area contributed by atoms with Gasteiger partial charge in [-0.15, -0.1) is 0 Å². The predicted molar refractivity (Wildman–Crippen MR) is 87.9 cm³/mol. The van der Waals surface area contributed by atoms with Crippen LogP contribution in [0.3, 0.4) is 0 Å². The van der Waals surface area contributed by atoms with Gasteiger partial charge in [0.25, 0.3) is 0 Å². The zero-order valence-electron chi connectivity index (χ0n) is 13.1. The Morgan fingerprint density at radius 1 is 1.43 bits per heavy atom. The van der Waals surface area contributed by atoms with Crippen LogP contribution >= 0.6 is 11.6 Å². The van der Waals surface area contributed by atoms with Gasteiger partial charge in [-0.2, -0.15) is 0 Å². The number of ether oxygens (including phenoxy) is 1. The summed E-state index contributed by atoms with van der Waals surface area (Å²) in [5, 5.41) is 4.56. The lowest BCUT2D eigenvalue weighted by molar-refractivity contribution is -0.147. The molecule has 1 aromatic carbocycles. The van der Waals surface area contributed by atoms with E-state index in [1.165, 1.54) is 36.8 Å². The smallest absolute Gasteiger partial charge is 0.0686 e. The quantitative estimate of drug-likeness (QED) is 0.874. The Labute approximate surface area is 133 Å². The van der Waals surface area contributed by atoms with Crippen molar-refractivity contribution in [2.75, 3.05) is 13.2 Å². The third kappa shape index (κ3) is 3.13. The Bertz CT molecular complexity index is 498. The van der Waals surface area contributed by atoms with Crippen molar-refractivity contribution in [3.05, 3.63) is 34.3 Å². The van der Waals surface area contributed by atoms with Crippen LogP contribution in [0.15, 0.2) is 18.2 Å². The summed E-state index contributed by atoms with van der Waals surface area (Å²) in [6, 6.07) is 6.89. The molecule has 1 saturated carbocycles. The fraction of sp³-hybridized carbons (Fsp3) is 0.667. The van der Waals surface area contributed by atoms with Gasteiger partial charge in [-0.1, -0.05) is 30.7 Å². The first-order valence-electron chi connectivity index (χ1n) is 8.27. The van der Waals surface area contributed by atoms with E-state index in [0.29, 0.717) is 12.0 Å². The summed E-state index contributed by atoms with van der Waals surface area (Å²) in [7, 11) is 0. The van der Waals surface area contributed by atoms with Crippen LogP contribution in [0, 0.1) is 12.8 Å². The molecule has 1 N–H and O–H groups in total. The van der Waals surface area contributed by atoms with Gasteiger partial charge >= 0.3 is 0 Å². The number of halogens is 1. The Morgan fingerprint density at radius 2 is 2.24 bits per heavy atom. The summed E-state index contributed by atoms with van der Waals surface area (Å²) in [6.45, 7) is 6.19. The van der Waals surface area contributed by atoms with E-state index in [9.17, 15) is 0 Å². The van der Waals surface area contributed by atoms with Crippen LogP contribution in [0.25, 0.3) is 0 Å². The molecule has 1 aliphatic carbocycles. The van der Waals surface area contributed by atoms with Crippen LogP contribution in [0.1, 0.15) is 56.2 Å². The first kappa shape index (κ1) is 15.3. The minimum absolute atomic E-state index is 0.206. The van der Waals surface area contributed by atoms with Crippen molar-refractivity contribution in [3.63, 3.8) is 0 Å². The van der Waals surface area contributed by atoms with Gasteiger partial charge in [0.2, 0.25) is 0 Å². The number of hydrogen-bond donors (Lipinski definition) is 1. The molecule has 0 aromatic heterocycles. The zero-order valence-corrected chi connectivity index (χ0v) is 13.9. The summed E-state index contributed by atoms with van der Waals surface area (Å²) >= 11 is 6.18. The van der Waals surface area contributed by atoms with E-state index < -0.39 is 0 Å². The van der Waals surface area contributed by atoms with Crippen molar-refractivity contribution < 1.29 is 4.74 Å². The second-order valence-electron chi connectivity index (χ2n) is 6.68. The molecule has 2 aliphatic rings. The maximum Gasteiger partial charge on any atom is 0.0686 e. The monoisotopic (exact) mass is 307 g/mol. The highest BCUT2D eigenvalue weighted by molar-refractivity contribution is 6.31. The molecule has 1 saturated heterocycles. The maximum absolute atomic E-state index is 6.18. The van der Waals surface area contributed by atoms with Crippen molar-refractivity contribution in [1.29, 1.82) is 0 Å². The number of aryl methyl sites for hydroxylation is 1. The first-order valence-corrected chi connectivity index (χ1v) is 8.65. The number of rotatable bonds is 4. The molecule has 3 rings (SSSR count). The Hall–Kier alpha value is -0.570. The van der Waals surface area contributed by atoms with Gasteiger partial charge in [0, 0.05) is 17.7 Å². The molecule has 2 fully saturated rings. The highest BCUT2D eigenvalue weighted by atomic mass is 35.5. The maximum atomic E-state index is 6.18. The topological polar surface area (TPSA) is 21.3 Å². The first-order chi connectivity index (χ1) is 10.1. The standard InChI is InChI=1S/C18H26ClNO/c1-3-20-17(14-5-6-16(19)13(2)11-14)15-7-10-21-18(12-15)8-4-9-18/h5-6,11,15,17,20H,3-4,7-10,12H2,1-2H3. The summed E-state index contributed by atoms with van der Waals surface area (Å²) < 4.78 is 6.09. The van der Waals surface area contributed by atoms with Crippen LogP contribution in [-0.4, -0.2) is 18.8 Å². The van der Waals surface area contributed by atoms with Gasteiger partial charge in [-0.05, 0) is 68.7 Å². The van der Waals surface area contributed by atoms with E-state index in [0.717, 1.165) is 24.6 Å². The summed E-state index contributed by atoms with van der Waals surface area (Å²) in [4.78, 5) is 0. The molecular formula is C18H26ClNO. The lowest BCUT2D eigenvalue weighted by Gasteiger charge is -2.49. The number of nitrogens with one attached hydrogen (secondary N) is 1. The highest BCUT2D eigenvalue weighted by Crippen LogP contribution is 2.47. The van der Waals surface area contributed by atoms with E-state index >= 15 is 0 Å². The molecule has 2 unspecified atom stereocenters. The van der Waals surface area contributed by atoms with E-state index in [1.807, 2.05) is 6.07 Å². The molecule has 1 aromatic rings. The Kier molecular flexibility index (Phi) is 4.58. The minimum atomic E-state index is 0.206. The molecule has 3 heteroatoms. The predicted octanol–water partition coefficient (Wildman–Crippen LogP) is 4.65. The minimum Gasteiger partial charge on any atom is -0.375 e. The van der Waals surface area contributed by atoms with Crippen molar-refractivity contribution in [3.8, 4) is 0 Å². The third-order valence-electron chi connectivity index (χ3n) is 5.23.